The molecule has 0 spiro atoms. The van der Waals surface area contributed by atoms with E-state index >= 15 is 0 Å². The van der Waals surface area contributed by atoms with Crippen LogP contribution in [0.1, 0.15) is 11.4 Å². The number of nitrogens with zero attached hydrogens (tertiary/aromatic N) is 2. The summed E-state index contributed by atoms with van der Waals surface area (Å²) in [5, 5.41) is 0. The van der Waals surface area contributed by atoms with Crippen LogP contribution < -0.4 is 5.73 Å². The zero-order valence-electron chi connectivity index (χ0n) is 11.0. The number of nitrogen functional groups attached to an aromatic ring is 1. The highest BCUT2D eigenvalue weighted by Gasteiger charge is 2.17. The van der Waals surface area contributed by atoms with Gasteiger partial charge in [-0.2, -0.15) is 0 Å². The first kappa shape index (κ1) is 13.6. The number of benzene rings is 1. The monoisotopic (exact) mass is 279 g/mol. The van der Waals surface area contributed by atoms with Gasteiger partial charge in [0, 0.05) is 24.6 Å². The van der Waals surface area contributed by atoms with E-state index in [2.05, 4.69) is 4.98 Å². The van der Waals surface area contributed by atoms with Gasteiger partial charge in [-0.05, 0) is 31.5 Å². The van der Waals surface area contributed by atoms with Gasteiger partial charge >= 0.3 is 0 Å². The molecule has 0 amide bonds. The molecular weight excluding hydrogens is 262 g/mol. The molecule has 0 aliphatic heterocycles. The van der Waals surface area contributed by atoms with E-state index in [1.165, 1.54) is 6.07 Å². The van der Waals surface area contributed by atoms with Gasteiger partial charge in [-0.15, -0.1) is 0 Å². The molecule has 102 valence electrons. The van der Waals surface area contributed by atoms with E-state index < -0.39 is 9.84 Å². The lowest BCUT2D eigenvalue weighted by molar-refractivity contribution is 0.587. The first-order valence-corrected chi connectivity index (χ1v) is 7.62. The van der Waals surface area contributed by atoms with E-state index in [1.807, 2.05) is 11.5 Å². The van der Waals surface area contributed by atoms with Crippen LogP contribution in [0.3, 0.4) is 0 Å². The number of rotatable bonds is 4. The molecular formula is C13H17N3O2S. The Morgan fingerprint density at radius 1 is 1.32 bits per heavy atom. The lowest BCUT2D eigenvalue weighted by Gasteiger charge is -2.10. The third-order valence-electron chi connectivity index (χ3n) is 3.07. The zero-order chi connectivity index (χ0) is 14.0. The Balaban J connectivity index is 2.23. The van der Waals surface area contributed by atoms with Crippen LogP contribution in [0.25, 0.3) is 0 Å². The predicted octanol–water partition coefficient (Wildman–Crippen LogP) is 1.56. The summed E-state index contributed by atoms with van der Waals surface area (Å²) in [6.07, 6.45) is 3.44. The number of hydrogen-bond donors (Lipinski definition) is 1. The molecule has 2 N–H and O–H groups in total. The van der Waals surface area contributed by atoms with E-state index in [0.29, 0.717) is 17.1 Å². The minimum absolute atomic E-state index is 0.0362. The molecule has 0 radical (unpaired) electrons. The fourth-order valence-electron chi connectivity index (χ4n) is 1.92. The van der Waals surface area contributed by atoms with Gasteiger partial charge in [0.1, 0.15) is 5.82 Å². The number of anilines is 1. The molecule has 0 unspecified atom stereocenters. The summed E-state index contributed by atoms with van der Waals surface area (Å²) in [7, 11) is -3.33. The zero-order valence-corrected chi connectivity index (χ0v) is 11.8. The summed E-state index contributed by atoms with van der Waals surface area (Å²) >= 11 is 0. The molecule has 6 heteroatoms. The Labute approximate surface area is 113 Å². The van der Waals surface area contributed by atoms with Crippen molar-refractivity contribution in [2.75, 3.05) is 11.5 Å². The summed E-state index contributed by atoms with van der Waals surface area (Å²) in [5.41, 5.74) is 6.84. The summed E-state index contributed by atoms with van der Waals surface area (Å²) in [6, 6.07) is 4.95. The molecule has 0 bridgehead atoms. The number of imidazole rings is 1. The van der Waals surface area contributed by atoms with Crippen LogP contribution in [0.2, 0.25) is 0 Å². The summed E-state index contributed by atoms with van der Waals surface area (Å²) in [6.45, 7) is 4.01. The van der Waals surface area contributed by atoms with Gasteiger partial charge in [-0.3, -0.25) is 0 Å². The first-order chi connectivity index (χ1) is 8.90. The highest BCUT2D eigenvalue weighted by molar-refractivity contribution is 7.91. The van der Waals surface area contributed by atoms with E-state index in [1.54, 1.807) is 31.5 Å². The summed E-state index contributed by atoms with van der Waals surface area (Å²) in [4.78, 5) is 4.38. The Kier molecular flexibility index (Phi) is 3.61. The van der Waals surface area contributed by atoms with Gasteiger partial charge in [-0.25, -0.2) is 13.4 Å². The maximum absolute atomic E-state index is 12.3. The first-order valence-electron chi connectivity index (χ1n) is 5.97. The Morgan fingerprint density at radius 2 is 2.05 bits per heavy atom. The van der Waals surface area contributed by atoms with Gasteiger partial charge in [0.05, 0.1) is 10.6 Å². The number of aromatic nitrogens is 2. The number of sulfone groups is 1. The molecule has 0 atom stereocenters. The van der Waals surface area contributed by atoms with Crippen molar-refractivity contribution in [2.24, 2.45) is 0 Å². The molecule has 2 aromatic rings. The lowest BCUT2D eigenvalue weighted by atomic mass is 10.2. The van der Waals surface area contributed by atoms with Crippen LogP contribution in [0, 0.1) is 13.8 Å². The smallest absolute Gasteiger partial charge is 0.180 e. The molecule has 1 aromatic heterocycles. The highest BCUT2D eigenvalue weighted by Crippen LogP contribution is 2.20. The van der Waals surface area contributed by atoms with Gasteiger partial charge in [0.25, 0.3) is 0 Å². The third kappa shape index (κ3) is 2.96. The quantitative estimate of drug-likeness (QED) is 0.861. The lowest BCUT2D eigenvalue weighted by Crippen LogP contribution is -2.15. The molecule has 0 aliphatic rings. The van der Waals surface area contributed by atoms with Crippen LogP contribution >= 0.6 is 0 Å². The van der Waals surface area contributed by atoms with E-state index in [4.69, 9.17) is 5.73 Å². The van der Waals surface area contributed by atoms with Crippen LogP contribution in [0.15, 0.2) is 35.5 Å². The average Bonchev–Trinajstić information content (AvgIpc) is 2.75. The molecule has 19 heavy (non-hydrogen) atoms. The second kappa shape index (κ2) is 5.05. The molecule has 0 saturated carbocycles. The minimum Gasteiger partial charge on any atom is -0.399 e. The van der Waals surface area contributed by atoms with Crippen LogP contribution in [0.4, 0.5) is 5.69 Å². The number of aryl methyl sites for hydroxylation is 3. The fraction of sp³-hybridized carbons (Fsp3) is 0.308. The fourth-order valence-corrected chi connectivity index (χ4v) is 3.45. The molecule has 2 rings (SSSR count). The van der Waals surface area contributed by atoms with E-state index in [-0.39, 0.29) is 5.75 Å². The van der Waals surface area contributed by atoms with Crippen molar-refractivity contribution >= 4 is 15.5 Å². The van der Waals surface area contributed by atoms with Crippen LogP contribution in [-0.4, -0.2) is 23.7 Å². The molecule has 0 fully saturated rings. The molecule has 1 aromatic carbocycles. The van der Waals surface area contributed by atoms with Gasteiger partial charge in [0.2, 0.25) is 0 Å². The van der Waals surface area contributed by atoms with E-state index in [9.17, 15) is 8.42 Å². The Morgan fingerprint density at radius 3 is 2.68 bits per heavy atom. The van der Waals surface area contributed by atoms with Crippen molar-refractivity contribution in [3.8, 4) is 0 Å². The van der Waals surface area contributed by atoms with Crippen LogP contribution in [0.5, 0.6) is 0 Å². The van der Waals surface area contributed by atoms with Crippen molar-refractivity contribution in [2.45, 2.75) is 25.3 Å². The van der Waals surface area contributed by atoms with Crippen molar-refractivity contribution in [3.05, 3.63) is 42.0 Å². The second-order valence-corrected chi connectivity index (χ2v) is 6.59. The summed E-state index contributed by atoms with van der Waals surface area (Å²) in [5.74, 6) is 0.841. The second-order valence-electron chi connectivity index (χ2n) is 4.51. The van der Waals surface area contributed by atoms with Crippen molar-refractivity contribution in [1.29, 1.82) is 0 Å². The molecule has 0 aliphatic carbocycles. The van der Waals surface area contributed by atoms with Gasteiger partial charge in [0.15, 0.2) is 9.84 Å². The molecule has 1 heterocycles. The SMILES string of the molecule is Cc1ccc(N)cc1S(=O)(=O)CCn1ccnc1C. The summed E-state index contributed by atoms with van der Waals surface area (Å²) < 4.78 is 26.5. The number of nitrogens with two attached hydrogens (primary N) is 1. The van der Waals surface area contributed by atoms with E-state index in [0.717, 1.165) is 11.4 Å². The highest BCUT2D eigenvalue weighted by atomic mass is 32.2. The van der Waals surface area contributed by atoms with Crippen molar-refractivity contribution in [1.82, 2.24) is 9.55 Å². The third-order valence-corrected chi connectivity index (χ3v) is 4.90. The maximum Gasteiger partial charge on any atom is 0.180 e. The average molecular weight is 279 g/mol. The van der Waals surface area contributed by atoms with Gasteiger partial charge in [-0.1, -0.05) is 6.07 Å². The topological polar surface area (TPSA) is 78.0 Å². The normalized spacial score (nSPS) is 11.7. The predicted molar refractivity (Wildman–Crippen MR) is 74.6 cm³/mol. The van der Waals surface area contributed by atoms with Crippen LogP contribution in [-0.2, 0) is 16.4 Å². The maximum atomic E-state index is 12.3. The Bertz CT molecular complexity index is 690. The Hall–Kier alpha value is -1.82. The van der Waals surface area contributed by atoms with Crippen molar-refractivity contribution in [3.63, 3.8) is 0 Å². The largest absolute Gasteiger partial charge is 0.399 e. The van der Waals surface area contributed by atoms with Gasteiger partial charge < -0.3 is 10.3 Å². The standard InChI is InChI=1S/C13H17N3O2S/c1-10-3-4-12(14)9-13(10)19(17,18)8-7-16-6-5-15-11(16)2/h3-6,9H,7-8,14H2,1-2H3. The molecule has 0 saturated heterocycles. The van der Waals surface area contributed by atoms with Crippen molar-refractivity contribution < 1.29 is 8.42 Å². The minimum atomic E-state index is -3.33. The number of hydrogen-bond acceptors (Lipinski definition) is 4. The molecule has 5 nitrogen and oxygen atoms in total.